The van der Waals surface area contributed by atoms with Gasteiger partial charge in [-0.3, -0.25) is 19.2 Å². The summed E-state index contributed by atoms with van der Waals surface area (Å²) >= 11 is 0. The lowest BCUT2D eigenvalue weighted by Crippen LogP contribution is -2.56. The molecule has 49 heavy (non-hydrogen) atoms. The second kappa shape index (κ2) is 16.4. The first-order chi connectivity index (χ1) is 23.8. The fourth-order valence-corrected chi connectivity index (χ4v) is 7.67. The van der Waals surface area contributed by atoms with Crippen LogP contribution in [0.5, 0.6) is 0 Å². The number of fused-ring (bicyclic) bond motifs is 1. The van der Waals surface area contributed by atoms with E-state index in [0.29, 0.717) is 31.4 Å². The third kappa shape index (κ3) is 7.49. The van der Waals surface area contributed by atoms with E-state index < -0.39 is 47.7 Å². The zero-order valence-electron chi connectivity index (χ0n) is 28.1. The number of amides is 3. The van der Waals surface area contributed by atoms with Crippen LogP contribution in [0, 0.1) is 11.8 Å². The van der Waals surface area contributed by atoms with E-state index in [1.54, 1.807) is 17.1 Å². The van der Waals surface area contributed by atoms with Crippen molar-refractivity contribution in [2.45, 2.75) is 68.5 Å². The summed E-state index contributed by atoms with van der Waals surface area (Å²) in [5.74, 6) is -3.46. The Labute approximate surface area is 287 Å². The van der Waals surface area contributed by atoms with E-state index in [-0.39, 0.29) is 56.9 Å². The van der Waals surface area contributed by atoms with Crippen LogP contribution in [0.1, 0.15) is 49.3 Å². The molecule has 2 aromatic carbocycles. The van der Waals surface area contributed by atoms with E-state index in [0.717, 1.165) is 5.56 Å². The highest BCUT2D eigenvalue weighted by Gasteiger charge is 2.75. The van der Waals surface area contributed by atoms with Gasteiger partial charge in [-0.15, -0.1) is 13.2 Å². The lowest BCUT2D eigenvalue weighted by Gasteiger charge is -2.37. The molecule has 0 unspecified atom stereocenters. The van der Waals surface area contributed by atoms with Gasteiger partial charge in [-0.1, -0.05) is 72.8 Å². The van der Waals surface area contributed by atoms with Crippen LogP contribution in [0.3, 0.4) is 0 Å². The summed E-state index contributed by atoms with van der Waals surface area (Å²) in [4.78, 5) is 59.2. The number of ether oxygens (including phenoxy) is 3. The molecule has 3 aliphatic rings. The normalized spacial score (nSPS) is 24.9. The highest BCUT2D eigenvalue weighted by molar-refractivity contribution is 5.98. The van der Waals surface area contributed by atoms with Crippen molar-refractivity contribution in [3.8, 4) is 0 Å². The number of rotatable bonds is 18. The number of aliphatic hydroxyl groups is 1. The van der Waals surface area contributed by atoms with Gasteiger partial charge in [-0.2, -0.15) is 0 Å². The Kier molecular flexibility index (Phi) is 12.0. The fourth-order valence-electron chi connectivity index (χ4n) is 7.67. The zero-order valence-corrected chi connectivity index (χ0v) is 28.1. The molecule has 2 N–H and O–H groups in total. The first-order valence-electron chi connectivity index (χ1n) is 17.0. The lowest BCUT2D eigenvalue weighted by atomic mass is 9.70. The Morgan fingerprint density at radius 2 is 1.84 bits per heavy atom. The van der Waals surface area contributed by atoms with Crippen LogP contribution in [0.2, 0.25) is 0 Å². The topological polar surface area (TPSA) is 135 Å². The Bertz CT molecular complexity index is 1490. The van der Waals surface area contributed by atoms with Gasteiger partial charge >= 0.3 is 5.97 Å². The molecule has 3 saturated heterocycles. The van der Waals surface area contributed by atoms with Crippen molar-refractivity contribution in [2.75, 3.05) is 33.4 Å². The third-order valence-corrected chi connectivity index (χ3v) is 9.75. The average Bonchev–Trinajstić information content (AvgIpc) is 3.76. The van der Waals surface area contributed by atoms with Crippen molar-refractivity contribution in [1.82, 2.24) is 15.1 Å². The van der Waals surface area contributed by atoms with Gasteiger partial charge in [0.05, 0.1) is 30.6 Å². The number of methoxy groups -OCH3 is 1. The van der Waals surface area contributed by atoms with Crippen LogP contribution < -0.4 is 5.32 Å². The number of esters is 1. The summed E-state index contributed by atoms with van der Waals surface area (Å²) in [5.41, 5.74) is 0.337. The van der Waals surface area contributed by atoms with Gasteiger partial charge in [0.1, 0.15) is 17.7 Å². The molecule has 3 amide bonds. The number of allylic oxidation sites excluding steroid dienone is 1. The molecule has 0 saturated carbocycles. The number of likely N-dealkylation sites (tertiary alicyclic amines) is 1. The number of carbonyl (C=O) groups excluding carboxylic acids is 4. The SMILES string of the molecule is C=CCCC(=O)N[C@@H](COC)[C@@H](OC(=O)[C@@H]1[C@@H]2CC[C@]3(O2)[C@H](C(=O)N(CC=C)Cc2ccccc2)N(CCCO)C(=O)[C@@H]13)c1ccccc1. The highest BCUT2D eigenvalue weighted by atomic mass is 16.6. The Morgan fingerprint density at radius 3 is 2.49 bits per heavy atom. The molecule has 0 radical (unpaired) electrons. The maximum Gasteiger partial charge on any atom is 0.313 e. The average molecular weight is 674 g/mol. The summed E-state index contributed by atoms with van der Waals surface area (Å²) in [7, 11) is 1.50. The second-order valence-corrected chi connectivity index (χ2v) is 12.9. The molecule has 262 valence electrons. The lowest BCUT2D eigenvalue weighted by molar-refractivity contribution is -0.163. The highest BCUT2D eigenvalue weighted by Crippen LogP contribution is 2.59. The van der Waals surface area contributed by atoms with E-state index in [1.807, 2.05) is 60.7 Å². The first-order valence-corrected chi connectivity index (χ1v) is 17.0. The minimum Gasteiger partial charge on any atom is -0.455 e. The van der Waals surface area contributed by atoms with Crippen LogP contribution in [0.4, 0.5) is 0 Å². The zero-order chi connectivity index (χ0) is 35.0. The van der Waals surface area contributed by atoms with E-state index in [4.69, 9.17) is 14.2 Å². The van der Waals surface area contributed by atoms with E-state index in [2.05, 4.69) is 18.5 Å². The molecular formula is C38H47N3O8. The maximum absolute atomic E-state index is 14.5. The quantitative estimate of drug-likeness (QED) is 0.182. The standard InChI is InChI=1S/C38H47N3O8/c1-4-6-18-30(43)39-28(25-47-3)33(27-16-11-8-12-17-27)48-37(46)31-29-19-20-38(49-29)32(31)35(44)41(22-13-23-42)34(38)36(45)40(21-5-2)24-26-14-9-7-10-15-26/h4-5,7-12,14-17,28-29,31-34,42H,1-2,6,13,18-25H2,3H3,(H,39,43)/t28-,29-,31+,32+,33-,34-,38+/m0/s1. The van der Waals surface area contributed by atoms with Crippen molar-refractivity contribution in [2.24, 2.45) is 11.8 Å². The summed E-state index contributed by atoms with van der Waals surface area (Å²) in [6, 6.07) is 16.9. The van der Waals surface area contributed by atoms with Crippen LogP contribution >= 0.6 is 0 Å². The molecule has 1 spiro atoms. The van der Waals surface area contributed by atoms with Crippen LogP contribution in [0.15, 0.2) is 86.0 Å². The van der Waals surface area contributed by atoms with Crippen molar-refractivity contribution in [3.05, 3.63) is 97.1 Å². The number of carbonyl (C=O) groups is 4. The van der Waals surface area contributed by atoms with Crippen molar-refractivity contribution < 1.29 is 38.5 Å². The van der Waals surface area contributed by atoms with E-state index in [1.165, 1.54) is 12.0 Å². The minimum atomic E-state index is -1.23. The molecule has 3 fully saturated rings. The van der Waals surface area contributed by atoms with Crippen LogP contribution in [0.25, 0.3) is 0 Å². The van der Waals surface area contributed by atoms with Gasteiger partial charge in [0.2, 0.25) is 17.7 Å². The molecule has 2 bridgehead atoms. The van der Waals surface area contributed by atoms with Gasteiger partial charge in [0.25, 0.3) is 0 Å². The molecule has 0 aromatic heterocycles. The fraction of sp³-hybridized carbons (Fsp3) is 0.474. The summed E-state index contributed by atoms with van der Waals surface area (Å²) in [6.45, 7) is 8.12. The van der Waals surface area contributed by atoms with Crippen molar-refractivity contribution >= 4 is 23.7 Å². The van der Waals surface area contributed by atoms with Gasteiger partial charge in [0, 0.05) is 39.8 Å². The molecule has 0 aliphatic carbocycles. The Hall–Kier alpha value is -4.32. The number of hydrogen-bond acceptors (Lipinski definition) is 8. The number of aliphatic hydroxyl groups excluding tert-OH is 1. The molecular weight excluding hydrogens is 626 g/mol. The largest absolute Gasteiger partial charge is 0.455 e. The summed E-state index contributed by atoms with van der Waals surface area (Å²) in [5, 5.41) is 12.7. The Morgan fingerprint density at radius 1 is 1.12 bits per heavy atom. The predicted octanol–water partition coefficient (Wildman–Crippen LogP) is 3.34. The van der Waals surface area contributed by atoms with Gasteiger partial charge < -0.3 is 34.4 Å². The Balaban J connectivity index is 1.46. The van der Waals surface area contributed by atoms with E-state index in [9.17, 15) is 24.3 Å². The van der Waals surface area contributed by atoms with Gasteiger partial charge in [-0.25, -0.2) is 0 Å². The maximum atomic E-state index is 14.5. The smallest absolute Gasteiger partial charge is 0.313 e. The third-order valence-electron chi connectivity index (χ3n) is 9.75. The van der Waals surface area contributed by atoms with E-state index >= 15 is 0 Å². The van der Waals surface area contributed by atoms with Crippen LogP contribution in [-0.4, -0.2) is 95.8 Å². The number of nitrogens with zero attached hydrogens (tertiary/aromatic N) is 2. The predicted molar refractivity (Wildman–Crippen MR) is 182 cm³/mol. The molecule has 3 heterocycles. The molecule has 3 aliphatic heterocycles. The monoisotopic (exact) mass is 673 g/mol. The number of nitrogens with one attached hydrogen (secondary N) is 1. The number of hydrogen-bond donors (Lipinski definition) is 2. The van der Waals surface area contributed by atoms with Gasteiger partial charge in [-0.05, 0) is 36.8 Å². The molecule has 2 aromatic rings. The van der Waals surface area contributed by atoms with Crippen LogP contribution in [-0.2, 0) is 39.9 Å². The number of benzene rings is 2. The van der Waals surface area contributed by atoms with Gasteiger partial charge in [0.15, 0.2) is 0 Å². The summed E-state index contributed by atoms with van der Waals surface area (Å²) < 4.78 is 18.3. The molecule has 11 heteroatoms. The van der Waals surface area contributed by atoms with Crippen molar-refractivity contribution in [1.29, 1.82) is 0 Å². The first kappa shape index (κ1) is 36.0. The minimum absolute atomic E-state index is 0.0651. The van der Waals surface area contributed by atoms with Crippen molar-refractivity contribution in [3.63, 3.8) is 0 Å². The second-order valence-electron chi connectivity index (χ2n) is 12.9. The molecule has 5 rings (SSSR count). The molecule has 7 atom stereocenters. The molecule has 11 nitrogen and oxygen atoms in total. The summed E-state index contributed by atoms with van der Waals surface area (Å²) in [6.07, 6.45) is 3.60.